The second-order valence-electron chi connectivity index (χ2n) is 4.61. The normalized spacial score (nSPS) is 24.6. The number of fused-ring (bicyclic) bond motifs is 2. The standard InChI is InChI=1S/C13H12BrNO4S/c14-8-1-2-10-9(7-8)13(3-5-18-10)4-6-20-11(15-13)19-12(16)17/h1-2,7H,3-6H2,(H,16,17). The molecule has 0 bridgehead atoms. The molecule has 2 aliphatic rings. The van der Waals surface area contributed by atoms with Gasteiger partial charge in [-0.3, -0.25) is 0 Å². The second-order valence-corrected chi connectivity index (χ2v) is 6.58. The monoisotopic (exact) mass is 357 g/mol. The molecule has 2 aliphatic heterocycles. The topological polar surface area (TPSA) is 68.1 Å². The number of halogens is 1. The third-order valence-corrected chi connectivity index (χ3v) is 4.76. The van der Waals surface area contributed by atoms with Gasteiger partial charge in [-0.05, 0) is 24.6 Å². The number of aliphatic imine (C=N–C) groups is 1. The molecule has 0 fully saturated rings. The highest BCUT2D eigenvalue weighted by Crippen LogP contribution is 2.46. The maximum Gasteiger partial charge on any atom is 0.513 e. The first kappa shape index (κ1) is 13.8. The van der Waals surface area contributed by atoms with E-state index in [1.54, 1.807) is 0 Å². The van der Waals surface area contributed by atoms with Gasteiger partial charge in [0.2, 0.25) is 0 Å². The molecule has 0 saturated carbocycles. The molecule has 1 atom stereocenters. The second kappa shape index (κ2) is 5.29. The number of carboxylic acid groups (broad SMARTS) is 1. The maximum absolute atomic E-state index is 10.7. The van der Waals surface area contributed by atoms with Crippen molar-refractivity contribution in [1.82, 2.24) is 0 Å². The van der Waals surface area contributed by atoms with Crippen molar-refractivity contribution >= 4 is 39.1 Å². The van der Waals surface area contributed by atoms with Gasteiger partial charge in [-0.2, -0.15) is 0 Å². The van der Waals surface area contributed by atoms with Crippen LogP contribution in [-0.2, 0) is 10.3 Å². The number of ether oxygens (including phenoxy) is 2. The number of hydrogen-bond acceptors (Lipinski definition) is 5. The first-order chi connectivity index (χ1) is 9.59. The van der Waals surface area contributed by atoms with Crippen LogP contribution in [0.3, 0.4) is 0 Å². The highest BCUT2D eigenvalue weighted by Gasteiger charge is 2.40. The van der Waals surface area contributed by atoms with Gasteiger partial charge in [0.1, 0.15) is 5.75 Å². The molecule has 1 unspecified atom stereocenters. The Morgan fingerprint density at radius 3 is 3.15 bits per heavy atom. The van der Waals surface area contributed by atoms with Crippen molar-refractivity contribution in [2.45, 2.75) is 18.4 Å². The van der Waals surface area contributed by atoms with E-state index in [1.165, 1.54) is 11.8 Å². The molecular weight excluding hydrogens is 346 g/mol. The molecule has 5 nitrogen and oxygen atoms in total. The van der Waals surface area contributed by atoms with Gasteiger partial charge in [0.15, 0.2) is 0 Å². The summed E-state index contributed by atoms with van der Waals surface area (Å²) in [5, 5.41) is 8.96. The van der Waals surface area contributed by atoms with E-state index < -0.39 is 11.7 Å². The molecule has 7 heteroatoms. The fourth-order valence-corrected chi connectivity index (χ4v) is 3.87. The minimum absolute atomic E-state index is 0.219. The van der Waals surface area contributed by atoms with Crippen molar-refractivity contribution in [3.8, 4) is 5.75 Å². The molecule has 0 saturated heterocycles. The predicted molar refractivity (Wildman–Crippen MR) is 79.6 cm³/mol. The van der Waals surface area contributed by atoms with Crippen molar-refractivity contribution < 1.29 is 19.4 Å². The number of thioether (sulfide) groups is 1. The van der Waals surface area contributed by atoms with Crippen LogP contribution in [0.25, 0.3) is 0 Å². The van der Waals surface area contributed by atoms with E-state index in [4.69, 9.17) is 14.6 Å². The van der Waals surface area contributed by atoms with E-state index in [0.717, 1.165) is 34.4 Å². The summed E-state index contributed by atoms with van der Waals surface area (Å²) in [5.74, 6) is 1.59. The van der Waals surface area contributed by atoms with Crippen LogP contribution >= 0.6 is 27.7 Å². The van der Waals surface area contributed by atoms with Gasteiger partial charge in [-0.15, -0.1) is 0 Å². The Bertz CT molecular complexity index is 592. The molecule has 1 spiro atoms. The fraction of sp³-hybridized carbons (Fsp3) is 0.385. The highest BCUT2D eigenvalue weighted by atomic mass is 79.9. The number of hydrogen-bond donors (Lipinski definition) is 1. The Hall–Kier alpha value is -1.21. The van der Waals surface area contributed by atoms with Gasteiger partial charge < -0.3 is 14.6 Å². The van der Waals surface area contributed by atoms with E-state index in [-0.39, 0.29) is 5.23 Å². The first-order valence-electron chi connectivity index (χ1n) is 6.15. The zero-order valence-corrected chi connectivity index (χ0v) is 12.9. The lowest BCUT2D eigenvalue weighted by Crippen LogP contribution is -2.35. The Labute approximate surface area is 128 Å². The van der Waals surface area contributed by atoms with Gasteiger partial charge in [0.25, 0.3) is 5.23 Å². The maximum atomic E-state index is 10.7. The summed E-state index contributed by atoms with van der Waals surface area (Å²) in [6, 6.07) is 5.83. The lowest BCUT2D eigenvalue weighted by atomic mass is 9.83. The Kier molecular flexibility index (Phi) is 3.64. The molecule has 3 rings (SSSR count). The zero-order chi connectivity index (χ0) is 14.2. The Morgan fingerprint density at radius 1 is 1.50 bits per heavy atom. The summed E-state index contributed by atoms with van der Waals surface area (Å²) in [6.45, 7) is 0.573. The van der Waals surface area contributed by atoms with Crippen LogP contribution in [0.2, 0.25) is 0 Å². The summed E-state index contributed by atoms with van der Waals surface area (Å²) in [4.78, 5) is 15.3. The van der Waals surface area contributed by atoms with Gasteiger partial charge in [-0.25, -0.2) is 9.79 Å². The first-order valence-corrected chi connectivity index (χ1v) is 7.93. The van der Waals surface area contributed by atoms with E-state index >= 15 is 0 Å². The van der Waals surface area contributed by atoms with E-state index in [2.05, 4.69) is 20.9 Å². The van der Waals surface area contributed by atoms with Crippen molar-refractivity contribution in [2.75, 3.05) is 12.4 Å². The third kappa shape index (κ3) is 2.52. The van der Waals surface area contributed by atoms with Crippen molar-refractivity contribution in [3.63, 3.8) is 0 Å². The Morgan fingerprint density at radius 2 is 2.35 bits per heavy atom. The van der Waals surface area contributed by atoms with Crippen molar-refractivity contribution in [3.05, 3.63) is 28.2 Å². The van der Waals surface area contributed by atoms with Gasteiger partial charge in [-0.1, -0.05) is 27.7 Å². The third-order valence-electron chi connectivity index (χ3n) is 3.44. The molecule has 1 N–H and O–H groups in total. The molecule has 106 valence electrons. The van der Waals surface area contributed by atoms with Crippen LogP contribution in [0.1, 0.15) is 18.4 Å². The van der Waals surface area contributed by atoms with E-state index in [1.807, 2.05) is 18.2 Å². The lowest BCUT2D eigenvalue weighted by Gasteiger charge is -2.38. The number of rotatable bonds is 0. The zero-order valence-electron chi connectivity index (χ0n) is 10.5. The van der Waals surface area contributed by atoms with E-state index in [0.29, 0.717) is 6.61 Å². The molecule has 0 amide bonds. The molecule has 0 aromatic heterocycles. The number of benzene rings is 1. The van der Waals surface area contributed by atoms with Crippen LogP contribution in [0.15, 0.2) is 27.7 Å². The summed E-state index contributed by atoms with van der Waals surface area (Å²) < 4.78 is 11.4. The average Bonchev–Trinajstić information content (AvgIpc) is 2.39. The molecular formula is C13H12BrNO4S. The minimum atomic E-state index is -1.32. The SMILES string of the molecule is O=C(O)OC1=NC2(CCOc3ccc(Br)cc32)CCS1. The molecule has 20 heavy (non-hydrogen) atoms. The smallest absolute Gasteiger partial charge is 0.493 e. The highest BCUT2D eigenvalue weighted by molar-refractivity contribution is 9.10. The van der Waals surface area contributed by atoms with Crippen LogP contribution in [-0.4, -0.2) is 28.9 Å². The summed E-state index contributed by atoms with van der Waals surface area (Å²) >= 11 is 4.79. The summed E-state index contributed by atoms with van der Waals surface area (Å²) in [6.07, 6.45) is 0.246. The van der Waals surface area contributed by atoms with Gasteiger partial charge in [0.05, 0.1) is 12.1 Å². The number of nitrogens with zero attached hydrogens (tertiary/aromatic N) is 1. The predicted octanol–water partition coefficient (Wildman–Crippen LogP) is 3.61. The van der Waals surface area contributed by atoms with Crippen molar-refractivity contribution in [2.24, 2.45) is 4.99 Å². The van der Waals surface area contributed by atoms with Gasteiger partial charge >= 0.3 is 6.16 Å². The van der Waals surface area contributed by atoms with Gasteiger partial charge in [0, 0.05) is 22.2 Å². The molecule has 0 aliphatic carbocycles. The van der Waals surface area contributed by atoms with Crippen molar-refractivity contribution in [1.29, 1.82) is 0 Å². The van der Waals surface area contributed by atoms with Crippen LogP contribution < -0.4 is 4.74 Å². The summed E-state index contributed by atoms with van der Waals surface area (Å²) in [7, 11) is 0. The largest absolute Gasteiger partial charge is 0.513 e. The van der Waals surface area contributed by atoms with Crippen LogP contribution in [0, 0.1) is 0 Å². The lowest BCUT2D eigenvalue weighted by molar-refractivity contribution is 0.140. The molecule has 1 aromatic rings. The van der Waals surface area contributed by atoms with E-state index in [9.17, 15) is 4.79 Å². The fourth-order valence-electron chi connectivity index (χ4n) is 2.53. The molecule has 2 heterocycles. The molecule has 0 radical (unpaired) electrons. The van der Waals surface area contributed by atoms with Crippen LogP contribution in [0.4, 0.5) is 4.79 Å². The summed E-state index contributed by atoms with van der Waals surface area (Å²) in [5.41, 5.74) is 0.554. The van der Waals surface area contributed by atoms with Crippen LogP contribution in [0.5, 0.6) is 5.75 Å². The average molecular weight is 358 g/mol. The quantitative estimate of drug-likeness (QED) is 0.718. The molecule has 1 aromatic carbocycles. The minimum Gasteiger partial charge on any atom is -0.493 e. The Balaban J connectivity index is 2.05. The number of carbonyl (C=O) groups is 1.